The summed E-state index contributed by atoms with van der Waals surface area (Å²) >= 11 is 0. The van der Waals surface area contributed by atoms with Gasteiger partial charge in [0.25, 0.3) is 0 Å². The van der Waals surface area contributed by atoms with Crippen LogP contribution in [0.3, 0.4) is 0 Å². The highest BCUT2D eigenvalue weighted by atomic mass is 16.7. The highest BCUT2D eigenvalue weighted by molar-refractivity contribution is 5.84. The van der Waals surface area contributed by atoms with Gasteiger partial charge < -0.3 is 14.0 Å². The van der Waals surface area contributed by atoms with Crippen LogP contribution in [0.25, 0.3) is 10.9 Å². The van der Waals surface area contributed by atoms with Crippen molar-refractivity contribution in [2.45, 2.75) is 51.2 Å². The first-order valence-corrected chi connectivity index (χ1v) is 8.59. The zero-order valence-corrected chi connectivity index (χ0v) is 14.0. The molecule has 1 aromatic heterocycles. The van der Waals surface area contributed by atoms with Crippen LogP contribution in [0.5, 0.6) is 0 Å². The second-order valence-electron chi connectivity index (χ2n) is 6.09. The number of fused-ring (bicyclic) bond motifs is 1. The average molecular weight is 301 g/mol. The Labute approximate surface area is 133 Å². The maximum absolute atomic E-state index is 5.83. The predicted octanol–water partition coefficient (Wildman–Crippen LogP) is 4.61. The topological polar surface area (TPSA) is 23.4 Å². The molecule has 3 nitrogen and oxygen atoms in total. The Balaban J connectivity index is 0.000000693. The lowest BCUT2D eigenvalue weighted by Crippen LogP contribution is -2.34. The molecule has 1 aliphatic heterocycles. The number of para-hydroxylation sites is 1. The summed E-state index contributed by atoms with van der Waals surface area (Å²) in [5, 5.41) is 1.41. The summed E-state index contributed by atoms with van der Waals surface area (Å²) in [6.45, 7) is 5.53. The molecule has 120 valence electrons. The molecule has 2 heterocycles. The molecule has 0 N–H and O–H groups in total. The van der Waals surface area contributed by atoms with E-state index < -0.39 is 0 Å². The Hall–Kier alpha value is -1.32. The van der Waals surface area contributed by atoms with Crippen LogP contribution in [0.15, 0.2) is 30.5 Å². The molecule has 22 heavy (non-hydrogen) atoms. The van der Waals surface area contributed by atoms with Crippen molar-refractivity contribution in [1.82, 2.24) is 4.57 Å². The standard InChI is InChI=1S/C17H21NO2.C2H6/c1-18-12-15(14-4-2-3-5-16(14)18)13-6-8-17(9-7-13)19-10-11-20-17;1-2/h2-5,12-13H,6-11H2,1H3;1-2H3. The van der Waals surface area contributed by atoms with E-state index in [0.29, 0.717) is 5.92 Å². The summed E-state index contributed by atoms with van der Waals surface area (Å²) in [5.74, 6) is 0.390. The van der Waals surface area contributed by atoms with E-state index in [2.05, 4.69) is 42.1 Å². The van der Waals surface area contributed by atoms with Gasteiger partial charge in [0.2, 0.25) is 0 Å². The molecule has 1 saturated heterocycles. The summed E-state index contributed by atoms with van der Waals surface area (Å²) in [7, 11) is 2.14. The SMILES string of the molecule is CC.Cn1cc(C2CCC3(CC2)OCCO3)c2ccccc21. The number of hydrogen-bond acceptors (Lipinski definition) is 2. The number of nitrogens with zero attached hydrogens (tertiary/aromatic N) is 1. The van der Waals surface area contributed by atoms with Gasteiger partial charge in [-0.2, -0.15) is 0 Å². The lowest BCUT2D eigenvalue weighted by Gasteiger charge is -2.35. The monoisotopic (exact) mass is 301 g/mol. The lowest BCUT2D eigenvalue weighted by atomic mass is 9.81. The van der Waals surface area contributed by atoms with Gasteiger partial charge in [-0.1, -0.05) is 32.0 Å². The number of aryl methyl sites for hydroxylation is 1. The smallest absolute Gasteiger partial charge is 0.168 e. The fraction of sp³-hybridized carbons (Fsp3) is 0.579. The van der Waals surface area contributed by atoms with E-state index in [4.69, 9.17) is 9.47 Å². The first-order valence-electron chi connectivity index (χ1n) is 8.59. The van der Waals surface area contributed by atoms with Gasteiger partial charge in [-0.15, -0.1) is 0 Å². The normalized spacial score (nSPS) is 21.0. The predicted molar refractivity (Wildman–Crippen MR) is 90.1 cm³/mol. The number of rotatable bonds is 1. The van der Waals surface area contributed by atoms with Crippen molar-refractivity contribution in [3.8, 4) is 0 Å². The van der Waals surface area contributed by atoms with Crippen LogP contribution in [0.1, 0.15) is 51.0 Å². The molecule has 2 aliphatic rings. The molecule has 3 heteroatoms. The van der Waals surface area contributed by atoms with E-state index in [9.17, 15) is 0 Å². The van der Waals surface area contributed by atoms with Crippen molar-refractivity contribution in [1.29, 1.82) is 0 Å². The number of benzene rings is 1. The summed E-state index contributed by atoms with van der Waals surface area (Å²) < 4.78 is 13.9. The van der Waals surface area contributed by atoms with Gasteiger partial charge in [0.15, 0.2) is 5.79 Å². The summed E-state index contributed by atoms with van der Waals surface area (Å²) in [6.07, 6.45) is 6.69. The fourth-order valence-corrected chi connectivity index (χ4v) is 3.85. The molecular formula is C19H27NO2. The van der Waals surface area contributed by atoms with Crippen molar-refractivity contribution < 1.29 is 9.47 Å². The third kappa shape index (κ3) is 2.68. The molecule has 1 aromatic carbocycles. The van der Waals surface area contributed by atoms with E-state index in [1.807, 2.05) is 13.8 Å². The molecule has 4 rings (SSSR count). The highest BCUT2D eigenvalue weighted by Crippen LogP contribution is 2.44. The molecule has 0 atom stereocenters. The fourth-order valence-electron chi connectivity index (χ4n) is 3.85. The Bertz CT molecular complexity index is 615. The summed E-state index contributed by atoms with van der Waals surface area (Å²) in [4.78, 5) is 0. The molecule has 1 saturated carbocycles. The molecule has 1 aliphatic carbocycles. The van der Waals surface area contributed by atoms with E-state index in [-0.39, 0.29) is 5.79 Å². The third-order valence-electron chi connectivity index (χ3n) is 4.93. The van der Waals surface area contributed by atoms with Gasteiger partial charge in [-0.25, -0.2) is 0 Å². The molecule has 2 fully saturated rings. The summed E-state index contributed by atoms with van der Waals surface area (Å²) in [5.41, 5.74) is 2.83. The second-order valence-corrected chi connectivity index (χ2v) is 6.09. The van der Waals surface area contributed by atoms with Crippen LogP contribution >= 0.6 is 0 Å². The van der Waals surface area contributed by atoms with Crippen molar-refractivity contribution in [3.63, 3.8) is 0 Å². The molecular weight excluding hydrogens is 274 g/mol. The zero-order chi connectivity index (χ0) is 15.6. The zero-order valence-electron chi connectivity index (χ0n) is 14.0. The van der Waals surface area contributed by atoms with Gasteiger partial charge in [0.1, 0.15) is 0 Å². The van der Waals surface area contributed by atoms with E-state index in [1.165, 1.54) is 16.5 Å². The van der Waals surface area contributed by atoms with Gasteiger partial charge in [0, 0.05) is 37.0 Å². The van der Waals surface area contributed by atoms with Gasteiger partial charge >= 0.3 is 0 Å². The average Bonchev–Trinajstić information content (AvgIpc) is 3.16. The van der Waals surface area contributed by atoms with Crippen molar-refractivity contribution in [2.24, 2.45) is 7.05 Å². The van der Waals surface area contributed by atoms with Crippen LogP contribution in [-0.4, -0.2) is 23.6 Å². The Morgan fingerprint density at radius 3 is 2.36 bits per heavy atom. The summed E-state index contributed by atoms with van der Waals surface area (Å²) in [6, 6.07) is 8.70. The van der Waals surface area contributed by atoms with Gasteiger partial charge in [-0.05, 0) is 30.4 Å². The van der Waals surface area contributed by atoms with Crippen LogP contribution in [0.2, 0.25) is 0 Å². The third-order valence-corrected chi connectivity index (χ3v) is 4.93. The quantitative estimate of drug-likeness (QED) is 0.768. The first-order chi connectivity index (χ1) is 10.8. The second kappa shape index (κ2) is 6.43. The Morgan fingerprint density at radius 2 is 1.68 bits per heavy atom. The molecule has 2 aromatic rings. The number of aromatic nitrogens is 1. The molecule has 0 radical (unpaired) electrons. The maximum Gasteiger partial charge on any atom is 0.168 e. The maximum atomic E-state index is 5.83. The van der Waals surface area contributed by atoms with Crippen LogP contribution in [-0.2, 0) is 16.5 Å². The Morgan fingerprint density at radius 1 is 1.05 bits per heavy atom. The van der Waals surface area contributed by atoms with E-state index in [1.54, 1.807) is 0 Å². The minimum Gasteiger partial charge on any atom is -0.350 e. The number of hydrogen-bond donors (Lipinski definition) is 0. The highest BCUT2D eigenvalue weighted by Gasteiger charge is 2.40. The van der Waals surface area contributed by atoms with Crippen molar-refractivity contribution >= 4 is 10.9 Å². The molecule has 0 unspecified atom stereocenters. The molecule has 0 amide bonds. The van der Waals surface area contributed by atoms with Crippen molar-refractivity contribution in [3.05, 3.63) is 36.0 Å². The minimum atomic E-state index is -0.249. The first kappa shape index (κ1) is 15.6. The molecule has 1 spiro atoms. The van der Waals surface area contributed by atoms with Crippen LogP contribution in [0, 0.1) is 0 Å². The van der Waals surface area contributed by atoms with E-state index >= 15 is 0 Å². The largest absolute Gasteiger partial charge is 0.350 e. The van der Waals surface area contributed by atoms with Crippen LogP contribution in [0.4, 0.5) is 0 Å². The van der Waals surface area contributed by atoms with Crippen LogP contribution < -0.4 is 0 Å². The van der Waals surface area contributed by atoms with E-state index in [0.717, 1.165) is 38.9 Å². The molecule has 0 bridgehead atoms. The van der Waals surface area contributed by atoms with Crippen molar-refractivity contribution in [2.75, 3.05) is 13.2 Å². The van der Waals surface area contributed by atoms with Gasteiger partial charge in [-0.3, -0.25) is 0 Å². The number of ether oxygens (including phenoxy) is 2. The Kier molecular flexibility index (Phi) is 4.55. The van der Waals surface area contributed by atoms with Gasteiger partial charge in [0.05, 0.1) is 13.2 Å². The lowest BCUT2D eigenvalue weighted by molar-refractivity contribution is -0.178. The minimum absolute atomic E-state index is 0.249.